The summed E-state index contributed by atoms with van der Waals surface area (Å²) in [6.07, 6.45) is 3.81. The Bertz CT molecular complexity index is 1900. The van der Waals surface area contributed by atoms with Crippen LogP contribution >= 0.6 is 11.8 Å². The summed E-state index contributed by atoms with van der Waals surface area (Å²) in [5, 5.41) is 5.67. The number of carbonyl (C=O) groups excluding carboxylic acids is 1. The minimum atomic E-state index is -0.302. The Morgan fingerprint density at radius 3 is 2.37 bits per heavy atom. The van der Waals surface area contributed by atoms with Crippen LogP contribution in [0.1, 0.15) is 16.7 Å². The summed E-state index contributed by atoms with van der Waals surface area (Å²) in [7, 11) is 0. The molecule has 5 aromatic rings. The normalized spacial score (nSPS) is 16.2. The fourth-order valence-electron chi connectivity index (χ4n) is 5.55. The van der Waals surface area contributed by atoms with Crippen molar-refractivity contribution in [1.82, 2.24) is 19.6 Å². The number of halogens is 1. The molecule has 0 spiro atoms. The lowest BCUT2D eigenvalue weighted by Crippen LogP contribution is -2.47. The Balaban J connectivity index is 1.10. The third-order valence-corrected chi connectivity index (χ3v) is 9.06. The smallest absolute Gasteiger partial charge is 0.286 e. The van der Waals surface area contributed by atoms with Crippen LogP contribution in [0.2, 0.25) is 0 Å². The maximum absolute atomic E-state index is 14.2. The molecule has 2 aliphatic heterocycles. The number of para-hydroxylation sites is 1. The van der Waals surface area contributed by atoms with Gasteiger partial charge in [-0.2, -0.15) is 10.1 Å². The molecule has 46 heavy (non-hydrogen) atoms. The first kappa shape index (κ1) is 29.7. The van der Waals surface area contributed by atoms with Crippen LogP contribution in [-0.4, -0.2) is 56.8 Å². The summed E-state index contributed by atoms with van der Waals surface area (Å²) in [6.45, 7) is 4.47. The molecule has 4 aromatic carbocycles. The number of piperazine rings is 1. The molecule has 0 bridgehead atoms. The number of amides is 1. The van der Waals surface area contributed by atoms with Crippen molar-refractivity contribution in [2.24, 2.45) is 4.99 Å². The van der Waals surface area contributed by atoms with Gasteiger partial charge in [0, 0.05) is 55.6 Å². The number of benzene rings is 4. The van der Waals surface area contributed by atoms with Gasteiger partial charge in [-0.25, -0.2) is 9.07 Å². The number of aliphatic imine (C=N–C) groups is 1. The van der Waals surface area contributed by atoms with Gasteiger partial charge in [-0.15, -0.1) is 0 Å². The largest absolute Gasteiger partial charge is 0.489 e. The number of carbonyl (C=O) groups is 1. The highest BCUT2D eigenvalue weighted by Crippen LogP contribution is 2.34. The lowest BCUT2D eigenvalue weighted by atomic mass is 10.1. The number of amidine groups is 1. The molecule has 0 saturated carbocycles. The van der Waals surface area contributed by atoms with Gasteiger partial charge in [0.2, 0.25) is 0 Å². The minimum absolute atomic E-state index is 0.108. The van der Waals surface area contributed by atoms with Crippen LogP contribution in [0, 0.1) is 5.82 Å². The molecule has 0 aliphatic carbocycles. The second-order valence-corrected chi connectivity index (χ2v) is 12.2. The fraction of sp³-hybridized carbons (Fsp3) is 0.162. The minimum Gasteiger partial charge on any atom is -0.489 e. The van der Waals surface area contributed by atoms with E-state index in [-0.39, 0.29) is 18.3 Å². The molecule has 0 unspecified atom stereocenters. The van der Waals surface area contributed by atoms with Gasteiger partial charge in [0.05, 0.1) is 10.6 Å². The summed E-state index contributed by atoms with van der Waals surface area (Å²) in [5.74, 6) is 0.0487. The molecule has 1 saturated heterocycles. The van der Waals surface area contributed by atoms with Crippen LogP contribution in [0.4, 0.5) is 4.39 Å². The van der Waals surface area contributed by atoms with Gasteiger partial charge < -0.3 is 9.64 Å². The average Bonchev–Trinajstić information content (AvgIpc) is 3.69. The van der Waals surface area contributed by atoms with Gasteiger partial charge in [0.1, 0.15) is 23.9 Å². The number of hydrogen-bond donors (Lipinski definition) is 0. The highest BCUT2D eigenvalue weighted by atomic mass is 32.2. The van der Waals surface area contributed by atoms with Crippen LogP contribution in [0.5, 0.6) is 5.75 Å². The first-order valence-electron chi connectivity index (χ1n) is 15.2. The van der Waals surface area contributed by atoms with E-state index in [4.69, 9.17) is 9.84 Å². The van der Waals surface area contributed by atoms with Crippen molar-refractivity contribution >= 4 is 28.9 Å². The van der Waals surface area contributed by atoms with E-state index in [1.54, 1.807) is 18.2 Å². The lowest BCUT2D eigenvalue weighted by molar-refractivity contribution is -0.113. The van der Waals surface area contributed by atoms with Gasteiger partial charge in [-0.05, 0) is 53.7 Å². The van der Waals surface area contributed by atoms with Gasteiger partial charge in [0.25, 0.3) is 5.91 Å². The Labute approximate surface area is 271 Å². The number of thioether (sulfide) groups is 1. The van der Waals surface area contributed by atoms with Crippen molar-refractivity contribution in [3.8, 4) is 22.7 Å². The van der Waals surface area contributed by atoms with E-state index >= 15 is 0 Å². The number of rotatable bonds is 8. The first-order valence-corrected chi connectivity index (χ1v) is 16.1. The Morgan fingerprint density at radius 1 is 0.848 bits per heavy atom. The van der Waals surface area contributed by atoms with Gasteiger partial charge in [-0.1, -0.05) is 78.9 Å². The SMILES string of the molecule is O=C1N=C(N2CCN(Cc3ccccc3)CC2)SC1=Cc1cn(-c2ccccc2)nc1-c1cccc(OCc2ccccc2F)c1. The van der Waals surface area contributed by atoms with Crippen molar-refractivity contribution in [3.05, 3.63) is 143 Å². The summed E-state index contributed by atoms with van der Waals surface area (Å²) in [4.78, 5) is 22.8. The third-order valence-electron chi connectivity index (χ3n) is 8.01. The molecule has 2 aliphatic rings. The van der Waals surface area contributed by atoms with Crippen LogP contribution in [0.3, 0.4) is 0 Å². The number of nitrogens with zero attached hydrogens (tertiary/aromatic N) is 5. The van der Waals surface area contributed by atoms with E-state index in [9.17, 15) is 9.18 Å². The second-order valence-electron chi connectivity index (χ2n) is 11.2. The molecule has 0 radical (unpaired) electrons. The zero-order valence-electron chi connectivity index (χ0n) is 25.1. The Kier molecular flexibility index (Phi) is 8.76. The quantitative estimate of drug-likeness (QED) is 0.172. The summed E-state index contributed by atoms with van der Waals surface area (Å²) in [6, 6.07) is 34.5. The Morgan fingerprint density at radius 2 is 1.59 bits per heavy atom. The molecule has 1 aromatic heterocycles. The van der Waals surface area contributed by atoms with Crippen LogP contribution in [-0.2, 0) is 17.9 Å². The molecule has 3 heterocycles. The van der Waals surface area contributed by atoms with Gasteiger partial charge in [0.15, 0.2) is 5.17 Å². The predicted octanol–water partition coefficient (Wildman–Crippen LogP) is 7.05. The number of ether oxygens (including phenoxy) is 1. The zero-order chi connectivity index (χ0) is 31.3. The van der Waals surface area contributed by atoms with Gasteiger partial charge in [-0.3, -0.25) is 9.69 Å². The van der Waals surface area contributed by atoms with E-state index in [0.717, 1.165) is 54.7 Å². The van der Waals surface area contributed by atoms with E-state index in [2.05, 4.69) is 39.1 Å². The van der Waals surface area contributed by atoms with Crippen molar-refractivity contribution in [2.45, 2.75) is 13.2 Å². The Hall–Kier alpha value is -4.99. The summed E-state index contributed by atoms with van der Waals surface area (Å²) in [5.41, 5.74) is 4.99. The van der Waals surface area contributed by atoms with Crippen molar-refractivity contribution in [1.29, 1.82) is 0 Å². The molecule has 0 atom stereocenters. The predicted molar refractivity (Wildman–Crippen MR) is 181 cm³/mol. The highest BCUT2D eigenvalue weighted by Gasteiger charge is 2.29. The van der Waals surface area contributed by atoms with E-state index in [1.165, 1.54) is 23.4 Å². The maximum atomic E-state index is 14.2. The average molecular weight is 630 g/mol. The number of aromatic nitrogens is 2. The fourth-order valence-corrected chi connectivity index (χ4v) is 6.51. The van der Waals surface area contributed by atoms with Crippen LogP contribution in [0.25, 0.3) is 23.0 Å². The lowest BCUT2D eigenvalue weighted by Gasteiger charge is -2.35. The van der Waals surface area contributed by atoms with Gasteiger partial charge >= 0.3 is 0 Å². The molecule has 1 amide bonds. The van der Waals surface area contributed by atoms with Crippen LogP contribution < -0.4 is 4.74 Å². The van der Waals surface area contributed by atoms with Crippen molar-refractivity contribution in [2.75, 3.05) is 26.2 Å². The maximum Gasteiger partial charge on any atom is 0.286 e. The topological polar surface area (TPSA) is 63.0 Å². The molecular formula is C37H32FN5O2S. The molecule has 0 N–H and O–H groups in total. The standard InChI is InChI=1S/C37H32FN5O2S/c38-33-17-8-7-12-29(33)26-45-32-16-9-13-28(22-32)35-30(25-43(40-35)31-14-5-2-6-15-31)23-34-36(44)39-37(46-34)42-20-18-41(19-21-42)24-27-10-3-1-4-11-27/h1-17,22-23,25H,18-21,24,26H2. The molecule has 9 heteroatoms. The van der Waals surface area contributed by atoms with Crippen LogP contribution in [0.15, 0.2) is 125 Å². The summed E-state index contributed by atoms with van der Waals surface area (Å²) < 4.78 is 22.0. The molecule has 7 rings (SSSR count). The monoisotopic (exact) mass is 629 g/mol. The second kappa shape index (κ2) is 13.6. The molecule has 230 valence electrons. The van der Waals surface area contributed by atoms with Crippen molar-refractivity contribution < 1.29 is 13.9 Å². The van der Waals surface area contributed by atoms with E-state index in [1.807, 2.05) is 77.6 Å². The number of hydrogen-bond acceptors (Lipinski definition) is 6. The first-order chi connectivity index (χ1) is 22.6. The molecule has 1 fully saturated rings. The summed E-state index contributed by atoms with van der Waals surface area (Å²) >= 11 is 1.42. The van der Waals surface area contributed by atoms with E-state index < -0.39 is 0 Å². The molecular weight excluding hydrogens is 598 g/mol. The zero-order valence-corrected chi connectivity index (χ0v) is 25.9. The third kappa shape index (κ3) is 6.80. The van der Waals surface area contributed by atoms with Crippen molar-refractivity contribution in [3.63, 3.8) is 0 Å². The molecule has 7 nitrogen and oxygen atoms in total. The van der Waals surface area contributed by atoms with E-state index in [0.29, 0.717) is 21.9 Å². The highest BCUT2D eigenvalue weighted by molar-refractivity contribution is 8.18.